The standard InChI is InChI=1S/C17H21N3O2S/c18-17-19-13(10-23-17)6-7-15(22)20-16(12-8-14(21)9-12)11-4-2-1-3-5-11/h1-5,10,12,14,16,21H,6-9H2,(H2,18,19)(H,20,22)/t12?,14?,16-/m1/s1. The average Bonchev–Trinajstić information content (AvgIpc) is 2.94. The van der Waals surface area contributed by atoms with Gasteiger partial charge in [-0.15, -0.1) is 11.3 Å². The second kappa shape index (κ2) is 7.10. The van der Waals surface area contributed by atoms with Crippen LogP contribution in [0.5, 0.6) is 0 Å². The summed E-state index contributed by atoms with van der Waals surface area (Å²) in [5.74, 6) is 0.304. The van der Waals surface area contributed by atoms with Crippen LogP contribution in [0.25, 0.3) is 0 Å². The highest BCUT2D eigenvalue weighted by Gasteiger charge is 2.35. The van der Waals surface area contributed by atoms with E-state index in [4.69, 9.17) is 5.73 Å². The van der Waals surface area contributed by atoms with Gasteiger partial charge in [0.2, 0.25) is 5.91 Å². The Bertz CT molecular complexity index is 653. The van der Waals surface area contributed by atoms with Crippen LogP contribution in [0, 0.1) is 5.92 Å². The number of nitrogens with two attached hydrogens (primary N) is 1. The van der Waals surface area contributed by atoms with Gasteiger partial charge in [-0.2, -0.15) is 0 Å². The first-order chi connectivity index (χ1) is 11.1. The number of aliphatic hydroxyl groups is 1. The molecule has 0 spiro atoms. The lowest BCUT2D eigenvalue weighted by molar-refractivity contribution is -0.123. The van der Waals surface area contributed by atoms with Gasteiger partial charge in [-0.05, 0) is 30.7 Å². The number of hydrogen-bond acceptors (Lipinski definition) is 5. The molecule has 1 aliphatic carbocycles. The number of aliphatic hydroxyl groups excluding tert-OH is 1. The molecule has 1 atom stereocenters. The molecule has 0 radical (unpaired) electrons. The van der Waals surface area contributed by atoms with Crippen LogP contribution >= 0.6 is 11.3 Å². The summed E-state index contributed by atoms with van der Waals surface area (Å²) in [5.41, 5.74) is 7.56. The Kier molecular flexibility index (Phi) is 4.93. The van der Waals surface area contributed by atoms with Gasteiger partial charge in [0.15, 0.2) is 5.13 Å². The number of carbonyl (C=O) groups is 1. The third-order valence-electron chi connectivity index (χ3n) is 4.27. The highest BCUT2D eigenvalue weighted by Crippen LogP contribution is 2.38. The highest BCUT2D eigenvalue weighted by molar-refractivity contribution is 7.13. The third kappa shape index (κ3) is 4.09. The van der Waals surface area contributed by atoms with Crippen molar-refractivity contribution < 1.29 is 9.90 Å². The third-order valence-corrected chi connectivity index (χ3v) is 5.00. The molecule has 1 heterocycles. The quantitative estimate of drug-likeness (QED) is 0.758. The van der Waals surface area contributed by atoms with E-state index in [1.165, 1.54) is 11.3 Å². The molecule has 0 aliphatic heterocycles. The molecule has 3 rings (SSSR count). The van der Waals surface area contributed by atoms with E-state index >= 15 is 0 Å². The number of hydrogen-bond donors (Lipinski definition) is 3. The van der Waals surface area contributed by atoms with E-state index < -0.39 is 0 Å². The van der Waals surface area contributed by atoms with Crippen LogP contribution < -0.4 is 11.1 Å². The maximum Gasteiger partial charge on any atom is 0.220 e. The van der Waals surface area contributed by atoms with E-state index in [9.17, 15) is 9.90 Å². The number of aromatic nitrogens is 1. The fourth-order valence-electron chi connectivity index (χ4n) is 2.96. The fraction of sp³-hybridized carbons (Fsp3) is 0.412. The van der Waals surface area contributed by atoms with Crippen LogP contribution in [0.4, 0.5) is 5.13 Å². The van der Waals surface area contributed by atoms with Crippen LogP contribution in [0.1, 0.15) is 36.6 Å². The monoisotopic (exact) mass is 331 g/mol. The topological polar surface area (TPSA) is 88.2 Å². The second-order valence-electron chi connectivity index (χ2n) is 6.02. The number of carbonyl (C=O) groups excluding carboxylic acids is 1. The zero-order valence-corrected chi connectivity index (χ0v) is 13.6. The molecular weight excluding hydrogens is 310 g/mol. The summed E-state index contributed by atoms with van der Waals surface area (Å²) in [7, 11) is 0. The molecule has 2 aromatic rings. The van der Waals surface area contributed by atoms with E-state index in [2.05, 4.69) is 10.3 Å². The molecule has 6 heteroatoms. The summed E-state index contributed by atoms with van der Waals surface area (Å²) >= 11 is 1.39. The average molecular weight is 331 g/mol. The van der Waals surface area contributed by atoms with Gasteiger partial charge in [0.05, 0.1) is 17.8 Å². The molecule has 4 N–H and O–H groups in total. The lowest BCUT2D eigenvalue weighted by Crippen LogP contribution is -2.41. The van der Waals surface area contributed by atoms with E-state index in [1.54, 1.807) is 0 Å². The van der Waals surface area contributed by atoms with Crippen molar-refractivity contribution in [1.82, 2.24) is 10.3 Å². The summed E-state index contributed by atoms with van der Waals surface area (Å²) in [6.07, 6.45) is 2.22. The Labute approximate surface area is 139 Å². The molecule has 0 saturated heterocycles. The van der Waals surface area contributed by atoms with Gasteiger partial charge < -0.3 is 16.2 Å². The van der Waals surface area contributed by atoms with Crippen molar-refractivity contribution >= 4 is 22.4 Å². The molecular formula is C17H21N3O2S. The number of nitrogens with zero attached hydrogens (tertiary/aromatic N) is 1. The van der Waals surface area contributed by atoms with Crippen LogP contribution in [0.2, 0.25) is 0 Å². The molecule has 23 heavy (non-hydrogen) atoms. The van der Waals surface area contributed by atoms with Crippen molar-refractivity contribution in [1.29, 1.82) is 0 Å². The first kappa shape index (κ1) is 16.0. The molecule has 0 unspecified atom stereocenters. The zero-order valence-electron chi connectivity index (χ0n) is 12.8. The van der Waals surface area contributed by atoms with Crippen LogP contribution in [-0.4, -0.2) is 22.1 Å². The minimum Gasteiger partial charge on any atom is -0.393 e. The van der Waals surface area contributed by atoms with Crippen LogP contribution in [0.3, 0.4) is 0 Å². The summed E-state index contributed by atoms with van der Waals surface area (Å²) in [6.45, 7) is 0. The number of benzene rings is 1. The van der Waals surface area contributed by atoms with Gasteiger partial charge in [-0.1, -0.05) is 30.3 Å². The number of amides is 1. The van der Waals surface area contributed by atoms with Crippen molar-refractivity contribution in [2.24, 2.45) is 5.92 Å². The van der Waals surface area contributed by atoms with Gasteiger partial charge in [0, 0.05) is 11.8 Å². The number of anilines is 1. The Morgan fingerprint density at radius 1 is 1.39 bits per heavy atom. The summed E-state index contributed by atoms with van der Waals surface area (Å²) in [5, 5.41) is 15.1. The highest BCUT2D eigenvalue weighted by atomic mass is 32.1. The number of thiazole rings is 1. The number of rotatable bonds is 6. The Hall–Kier alpha value is -1.92. The minimum absolute atomic E-state index is 0.00631. The van der Waals surface area contributed by atoms with Gasteiger partial charge in [-0.25, -0.2) is 4.98 Å². The molecule has 122 valence electrons. The predicted octanol–water partition coefficient (Wildman–Crippen LogP) is 2.29. The van der Waals surface area contributed by atoms with Gasteiger partial charge in [-0.3, -0.25) is 4.79 Å². The van der Waals surface area contributed by atoms with Crippen molar-refractivity contribution in [2.75, 3.05) is 5.73 Å². The SMILES string of the molecule is Nc1nc(CCC(=O)N[C@H](c2ccccc2)C2CC(O)C2)cs1. The number of nitrogens with one attached hydrogen (secondary N) is 1. The van der Waals surface area contributed by atoms with Crippen molar-refractivity contribution in [3.8, 4) is 0 Å². The summed E-state index contributed by atoms with van der Waals surface area (Å²) in [6, 6.07) is 9.93. The van der Waals surface area contributed by atoms with E-state index in [0.717, 1.165) is 24.1 Å². The van der Waals surface area contributed by atoms with Crippen LogP contribution in [0.15, 0.2) is 35.7 Å². The second-order valence-corrected chi connectivity index (χ2v) is 6.91. The molecule has 1 aromatic carbocycles. The molecule has 1 aliphatic rings. The maximum atomic E-state index is 12.3. The largest absolute Gasteiger partial charge is 0.393 e. The Morgan fingerprint density at radius 3 is 2.74 bits per heavy atom. The smallest absolute Gasteiger partial charge is 0.220 e. The van der Waals surface area contributed by atoms with Crippen molar-refractivity contribution in [2.45, 2.75) is 37.8 Å². The molecule has 1 fully saturated rings. The van der Waals surface area contributed by atoms with E-state index in [-0.39, 0.29) is 18.1 Å². The van der Waals surface area contributed by atoms with Gasteiger partial charge >= 0.3 is 0 Å². The van der Waals surface area contributed by atoms with Crippen molar-refractivity contribution in [3.63, 3.8) is 0 Å². The lowest BCUT2D eigenvalue weighted by Gasteiger charge is -2.38. The number of nitrogen functional groups attached to an aromatic ring is 1. The summed E-state index contributed by atoms with van der Waals surface area (Å²) in [4.78, 5) is 16.5. The normalized spacial score (nSPS) is 21.4. The Balaban J connectivity index is 1.60. The van der Waals surface area contributed by atoms with Gasteiger partial charge in [0.1, 0.15) is 0 Å². The number of aryl methyl sites for hydroxylation is 1. The molecule has 1 saturated carbocycles. The fourth-order valence-corrected chi connectivity index (χ4v) is 3.56. The predicted molar refractivity (Wildman–Crippen MR) is 90.9 cm³/mol. The molecule has 1 amide bonds. The molecule has 5 nitrogen and oxygen atoms in total. The first-order valence-electron chi connectivity index (χ1n) is 7.84. The van der Waals surface area contributed by atoms with Gasteiger partial charge in [0.25, 0.3) is 0 Å². The minimum atomic E-state index is -0.235. The van der Waals surface area contributed by atoms with Crippen LogP contribution in [-0.2, 0) is 11.2 Å². The summed E-state index contributed by atoms with van der Waals surface area (Å²) < 4.78 is 0. The van der Waals surface area contributed by atoms with Crippen molar-refractivity contribution in [3.05, 3.63) is 47.0 Å². The first-order valence-corrected chi connectivity index (χ1v) is 8.72. The van der Waals surface area contributed by atoms with E-state index in [1.807, 2.05) is 35.7 Å². The van der Waals surface area contributed by atoms with E-state index in [0.29, 0.717) is 23.9 Å². The molecule has 0 bridgehead atoms. The Morgan fingerprint density at radius 2 is 2.13 bits per heavy atom. The zero-order chi connectivity index (χ0) is 16.2. The maximum absolute atomic E-state index is 12.3. The molecule has 1 aromatic heterocycles. The lowest BCUT2D eigenvalue weighted by atomic mass is 9.75.